The normalized spacial score (nSPS) is 27.6. The highest BCUT2D eigenvalue weighted by atomic mass is 79.9. The highest BCUT2D eigenvalue weighted by Gasteiger charge is 2.21. The fourth-order valence-corrected chi connectivity index (χ4v) is 2.46. The first-order valence-corrected chi connectivity index (χ1v) is 6.48. The Morgan fingerprint density at radius 2 is 1.93 bits per heavy atom. The predicted octanol–water partition coefficient (Wildman–Crippen LogP) is 4.06. The summed E-state index contributed by atoms with van der Waals surface area (Å²) in [5.41, 5.74) is 1.28. The molecule has 14 heavy (non-hydrogen) atoms. The third-order valence-electron chi connectivity index (χ3n) is 2.46. The quantitative estimate of drug-likeness (QED) is 0.709. The number of rotatable bonds is 1. The van der Waals surface area contributed by atoms with Crippen molar-refractivity contribution in [2.45, 2.75) is 23.8 Å². The van der Waals surface area contributed by atoms with E-state index < -0.39 is 0 Å². The zero-order valence-corrected chi connectivity index (χ0v) is 10.9. The minimum atomic E-state index is 0.265. The number of ether oxygens (including phenoxy) is 1. The summed E-state index contributed by atoms with van der Waals surface area (Å²) in [7, 11) is 0. The topological polar surface area (TPSA) is 9.23 Å². The molecule has 0 N–H and O–H groups in total. The van der Waals surface area contributed by atoms with Gasteiger partial charge in [-0.25, -0.2) is 0 Å². The molecule has 1 aliphatic rings. The molecule has 2 atom stereocenters. The van der Waals surface area contributed by atoms with E-state index in [0.717, 1.165) is 23.9 Å². The Bertz CT molecular complexity index is 297. The fraction of sp³-hybridized carbons (Fsp3) is 0.455. The van der Waals surface area contributed by atoms with Gasteiger partial charge in [0.25, 0.3) is 0 Å². The van der Waals surface area contributed by atoms with Crippen molar-refractivity contribution >= 4 is 31.9 Å². The largest absolute Gasteiger partial charge is 0.373 e. The fourth-order valence-electron chi connectivity index (χ4n) is 1.67. The third-order valence-corrected chi connectivity index (χ3v) is 3.82. The molecule has 1 aromatic rings. The third kappa shape index (κ3) is 2.59. The van der Waals surface area contributed by atoms with Crippen molar-refractivity contribution in [3.8, 4) is 0 Å². The van der Waals surface area contributed by atoms with Crippen LogP contribution in [0.15, 0.2) is 28.7 Å². The smallest absolute Gasteiger partial charge is 0.0835 e. The van der Waals surface area contributed by atoms with Gasteiger partial charge in [-0.15, -0.1) is 0 Å². The van der Waals surface area contributed by atoms with Crippen molar-refractivity contribution in [2.24, 2.45) is 0 Å². The van der Waals surface area contributed by atoms with Crippen LogP contribution < -0.4 is 0 Å². The van der Waals surface area contributed by atoms with E-state index in [9.17, 15) is 0 Å². The predicted molar refractivity (Wildman–Crippen MR) is 64.8 cm³/mol. The molecule has 1 fully saturated rings. The van der Waals surface area contributed by atoms with Gasteiger partial charge < -0.3 is 4.74 Å². The van der Waals surface area contributed by atoms with E-state index in [1.807, 2.05) is 0 Å². The van der Waals surface area contributed by atoms with E-state index in [-0.39, 0.29) is 6.10 Å². The second-order valence-corrected chi connectivity index (χ2v) is 5.74. The van der Waals surface area contributed by atoms with E-state index in [1.165, 1.54) is 5.56 Å². The summed E-state index contributed by atoms with van der Waals surface area (Å²) in [5, 5.41) is 0. The number of hydrogen-bond donors (Lipinski definition) is 0. The van der Waals surface area contributed by atoms with Crippen molar-refractivity contribution in [1.82, 2.24) is 0 Å². The molecule has 0 radical (unpaired) electrons. The van der Waals surface area contributed by atoms with Crippen LogP contribution in [0.1, 0.15) is 24.5 Å². The van der Waals surface area contributed by atoms with Gasteiger partial charge in [-0.05, 0) is 30.5 Å². The van der Waals surface area contributed by atoms with Crippen LogP contribution in [0.2, 0.25) is 0 Å². The summed E-state index contributed by atoms with van der Waals surface area (Å²) >= 11 is 7.08. The molecule has 1 nitrogen and oxygen atoms in total. The van der Waals surface area contributed by atoms with Crippen molar-refractivity contribution < 1.29 is 4.74 Å². The Labute approximate surface area is 101 Å². The zero-order chi connectivity index (χ0) is 9.97. The van der Waals surface area contributed by atoms with E-state index in [0.29, 0.717) is 4.83 Å². The summed E-state index contributed by atoms with van der Waals surface area (Å²) in [6, 6.07) is 8.38. The Morgan fingerprint density at radius 1 is 1.21 bits per heavy atom. The van der Waals surface area contributed by atoms with Crippen LogP contribution >= 0.6 is 31.9 Å². The number of benzene rings is 1. The first-order chi connectivity index (χ1) is 6.75. The van der Waals surface area contributed by atoms with E-state index in [2.05, 4.69) is 56.1 Å². The summed E-state index contributed by atoms with van der Waals surface area (Å²) in [4.78, 5) is 0.602. The maximum absolute atomic E-state index is 5.73. The molecule has 3 heteroatoms. The van der Waals surface area contributed by atoms with Crippen molar-refractivity contribution in [1.29, 1.82) is 0 Å². The lowest BCUT2D eigenvalue weighted by molar-refractivity contribution is 0.0187. The number of hydrogen-bond acceptors (Lipinski definition) is 1. The molecule has 1 aromatic carbocycles. The average Bonchev–Trinajstić information content (AvgIpc) is 2.19. The van der Waals surface area contributed by atoms with Crippen molar-refractivity contribution in [2.75, 3.05) is 6.61 Å². The Balaban J connectivity index is 2.10. The maximum atomic E-state index is 5.73. The van der Waals surface area contributed by atoms with Crippen LogP contribution in [0, 0.1) is 0 Å². The van der Waals surface area contributed by atoms with Gasteiger partial charge in [0.15, 0.2) is 0 Å². The molecular formula is C11H12Br2O. The monoisotopic (exact) mass is 318 g/mol. The summed E-state index contributed by atoms with van der Waals surface area (Å²) < 4.78 is 6.85. The molecule has 1 heterocycles. The maximum Gasteiger partial charge on any atom is 0.0835 e. The van der Waals surface area contributed by atoms with E-state index in [1.54, 1.807) is 0 Å². The molecular weight excluding hydrogens is 308 g/mol. The minimum Gasteiger partial charge on any atom is -0.373 e. The summed E-state index contributed by atoms with van der Waals surface area (Å²) in [6.45, 7) is 0.858. The molecule has 0 saturated carbocycles. The lowest BCUT2D eigenvalue weighted by Crippen LogP contribution is -2.19. The molecule has 1 aliphatic heterocycles. The SMILES string of the molecule is Brc1ccc(C2CC(Br)CCO2)cc1. The Hall–Kier alpha value is 0.140. The molecule has 2 unspecified atom stereocenters. The van der Waals surface area contributed by atoms with Crippen molar-refractivity contribution in [3.05, 3.63) is 34.3 Å². The van der Waals surface area contributed by atoms with Gasteiger partial charge in [0.1, 0.15) is 0 Å². The molecule has 0 amide bonds. The van der Waals surface area contributed by atoms with E-state index in [4.69, 9.17) is 4.74 Å². The van der Waals surface area contributed by atoms with Crippen LogP contribution in [-0.2, 0) is 4.74 Å². The molecule has 0 bridgehead atoms. The molecule has 0 aliphatic carbocycles. The lowest BCUT2D eigenvalue weighted by Gasteiger charge is -2.26. The van der Waals surface area contributed by atoms with Gasteiger partial charge in [0.2, 0.25) is 0 Å². The minimum absolute atomic E-state index is 0.265. The standard InChI is InChI=1S/C11H12Br2O/c12-9-3-1-8(2-4-9)11-7-10(13)5-6-14-11/h1-4,10-11H,5-7H2. The molecule has 76 valence electrons. The van der Waals surface area contributed by atoms with Gasteiger partial charge in [-0.1, -0.05) is 44.0 Å². The highest BCUT2D eigenvalue weighted by Crippen LogP contribution is 2.31. The van der Waals surface area contributed by atoms with Crippen LogP contribution in [0.25, 0.3) is 0 Å². The van der Waals surface area contributed by atoms with Gasteiger partial charge in [0, 0.05) is 15.9 Å². The summed E-state index contributed by atoms with van der Waals surface area (Å²) in [6.07, 6.45) is 2.45. The van der Waals surface area contributed by atoms with Crippen molar-refractivity contribution in [3.63, 3.8) is 0 Å². The van der Waals surface area contributed by atoms with Gasteiger partial charge >= 0.3 is 0 Å². The Morgan fingerprint density at radius 3 is 2.57 bits per heavy atom. The van der Waals surface area contributed by atoms with Crippen LogP contribution in [0.3, 0.4) is 0 Å². The second-order valence-electron chi connectivity index (χ2n) is 3.53. The average molecular weight is 320 g/mol. The van der Waals surface area contributed by atoms with Crippen LogP contribution in [0.4, 0.5) is 0 Å². The van der Waals surface area contributed by atoms with Gasteiger partial charge in [-0.2, -0.15) is 0 Å². The molecule has 0 spiro atoms. The molecule has 2 rings (SSSR count). The summed E-state index contributed by atoms with van der Waals surface area (Å²) in [5.74, 6) is 0. The van der Waals surface area contributed by atoms with Crippen LogP contribution in [0.5, 0.6) is 0 Å². The van der Waals surface area contributed by atoms with E-state index >= 15 is 0 Å². The Kier molecular flexibility index (Phi) is 3.63. The number of halogens is 2. The second kappa shape index (κ2) is 4.77. The van der Waals surface area contributed by atoms with Crippen LogP contribution in [-0.4, -0.2) is 11.4 Å². The first-order valence-electron chi connectivity index (χ1n) is 4.77. The van der Waals surface area contributed by atoms with Gasteiger partial charge in [-0.3, -0.25) is 0 Å². The lowest BCUT2D eigenvalue weighted by atomic mass is 10.0. The molecule has 1 saturated heterocycles. The first kappa shape index (κ1) is 10.7. The van der Waals surface area contributed by atoms with Gasteiger partial charge in [0.05, 0.1) is 6.10 Å². The highest BCUT2D eigenvalue weighted by molar-refractivity contribution is 9.10. The number of alkyl halides is 1. The molecule has 0 aromatic heterocycles. The zero-order valence-electron chi connectivity index (χ0n) is 7.75.